The van der Waals surface area contributed by atoms with Gasteiger partial charge in [0.1, 0.15) is 6.33 Å². The fourth-order valence-electron chi connectivity index (χ4n) is 2.35. The molecule has 0 spiro atoms. The van der Waals surface area contributed by atoms with Gasteiger partial charge in [-0.3, -0.25) is 0 Å². The van der Waals surface area contributed by atoms with Gasteiger partial charge >= 0.3 is 0 Å². The van der Waals surface area contributed by atoms with Crippen LogP contribution in [0.1, 0.15) is 46.0 Å². The molecule has 1 aromatic rings. The van der Waals surface area contributed by atoms with Crippen molar-refractivity contribution >= 4 is 5.69 Å². The van der Waals surface area contributed by atoms with Gasteiger partial charge in [0.05, 0.1) is 12.7 Å². The minimum atomic E-state index is 0.0309. The zero-order chi connectivity index (χ0) is 13.7. The molecule has 0 aromatic carbocycles. The lowest BCUT2D eigenvalue weighted by Crippen LogP contribution is -2.17. The smallest absolute Gasteiger partial charge is 0.244 e. The first-order chi connectivity index (χ1) is 9.16. The van der Waals surface area contributed by atoms with Crippen LogP contribution in [0.2, 0.25) is 0 Å². The van der Waals surface area contributed by atoms with Gasteiger partial charge in [-0.1, -0.05) is 19.3 Å². The molecule has 106 valence electrons. The molecule has 1 aromatic heterocycles. The number of ether oxygens (including phenoxy) is 2. The number of hydrogen-bond acceptors (Lipinski definition) is 5. The zero-order valence-corrected chi connectivity index (χ0v) is 11.8. The fourth-order valence-corrected chi connectivity index (χ4v) is 2.35. The van der Waals surface area contributed by atoms with Gasteiger partial charge < -0.3 is 15.2 Å². The lowest BCUT2D eigenvalue weighted by molar-refractivity contribution is 0.199. The number of rotatable bonds is 5. The molecule has 0 bridgehead atoms. The van der Waals surface area contributed by atoms with Crippen molar-refractivity contribution in [1.29, 1.82) is 0 Å². The van der Waals surface area contributed by atoms with Crippen molar-refractivity contribution in [3.8, 4) is 11.8 Å². The van der Waals surface area contributed by atoms with E-state index in [1.54, 1.807) is 0 Å². The van der Waals surface area contributed by atoms with Crippen molar-refractivity contribution in [1.82, 2.24) is 9.97 Å². The normalized spacial score (nSPS) is 16.6. The summed E-state index contributed by atoms with van der Waals surface area (Å²) in [6.07, 6.45) is 7.89. The van der Waals surface area contributed by atoms with Gasteiger partial charge in [0.15, 0.2) is 5.69 Å². The zero-order valence-electron chi connectivity index (χ0n) is 11.8. The van der Waals surface area contributed by atoms with Crippen LogP contribution in [0.15, 0.2) is 6.33 Å². The Morgan fingerprint density at radius 3 is 2.58 bits per heavy atom. The Labute approximate surface area is 114 Å². The highest BCUT2D eigenvalue weighted by Gasteiger charge is 2.17. The van der Waals surface area contributed by atoms with E-state index < -0.39 is 0 Å². The summed E-state index contributed by atoms with van der Waals surface area (Å²) in [5, 5.41) is 0. The third-order valence-corrected chi connectivity index (χ3v) is 3.34. The fraction of sp³-hybridized carbons (Fsp3) is 0.714. The maximum absolute atomic E-state index is 5.97. The van der Waals surface area contributed by atoms with E-state index in [1.807, 2.05) is 13.8 Å². The second-order valence-electron chi connectivity index (χ2n) is 5.38. The third-order valence-electron chi connectivity index (χ3n) is 3.34. The Balaban J connectivity index is 1.95. The highest BCUT2D eigenvalue weighted by atomic mass is 16.5. The second kappa shape index (κ2) is 6.59. The highest BCUT2D eigenvalue weighted by Crippen LogP contribution is 2.29. The van der Waals surface area contributed by atoms with Crippen LogP contribution < -0.4 is 15.2 Å². The van der Waals surface area contributed by atoms with E-state index in [9.17, 15) is 0 Å². The molecule has 0 radical (unpaired) electrons. The first kappa shape index (κ1) is 13.9. The Morgan fingerprint density at radius 2 is 1.89 bits per heavy atom. The summed E-state index contributed by atoms with van der Waals surface area (Å²) in [5.41, 5.74) is 6.37. The van der Waals surface area contributed by atoms with Crippen molar-refractivity contribution in [3.63, 3.8) is 0 Å². The minimum Gasteiger partial charge on any atom is -0.476 e. The Hall–Kier alpha value is -1.52. The van der Waals surface area contributed by atoms with Gasteiger partial charge in [-0.2, -0.15) is 9.97 Å². The molecule has 1 fully saturated rings. The molecule has 0 unspecified atom stereocenters. The second-order valence-corrected chi connectivity index (χ2v) is 5.38. The standard InChI is InChI=1S/C14H23N3O2/c1-10(2)19-14-12(15)13(16-9-17-14)18-8-11-6-4-3-5-7-11/h9-11H,3-8,15H2,1-2H3. The predicted molar refractivity (Wildman–Crippen MR) is 74.3 cm³/mol. The summed E-state index contributed by atoms with van der Waals surface area (Å²) in [5.74, 6) is 1.47. The number of nitrogens with two attached hydrogens (primary N) is 1. The van der Waals surface area contributed by atoms with E-state index in [1.165, 1.54) is 38.4 Å². The summed E-state index contributed by atoms with van der Waals surface area (Å²) in [6, 6.07) is 0. The van der Waals surface area contributed by atoms with Gasteiger partial charge in [0, 0.05) is 0 Å². The number of anilines is 1. The number of nitrogen functional groups attached to an aromatic ring is 1. The molecular formula is C14H23N3O2. The van der Waals surface area contributed by atoms with E-state index in [0.29, 0.717) is 30.0 Å². The van der Waals surface area contributed by atoms with Crippen LogP contribution in [0.4, 0.5) is 5.69 Å². The summed E-state index contributed by atoms with van der Waals surface area (Å²) in [6.45, 7) is 4.55. The Kier molecular flexibility index (Phi) is 4.82. The SMILES string of the molecule is CC(C)Oc1ncnc(OCC2CCCCC2)c1N. The molecule has 0 amide bonds. The van der Waals surface area contributed by atoms with E-state index >= 15 is 0 Å². The van der Waals surface area contributed by atoms with Gasteiger partial charge in [-0.05, 0) is 32.6 Å². The molecule has 1 aliphatic carbocycles. The van der Waals surface area contributed by atoms with Crippen LogP contribution in [0.25, 0.3) is 0 Å². The summed E-state index contributed by atoms with van der Waals surface area (Å²) < 4.78 is 11.3. The third kappa shape index (κ3) is 3.98. The predicted octanol–water partition coefficient (Wildman–Crippen LogP) is 2.81. The maximum Gasteiger partial charge on any atom is 0.244 e. The Morgan fingerprint density at radius 1 is 1.21 bits per heavy atom. The number of hydrogen-bond donors (Lipinski definition) is 1. The molecule has 1 heterocycles. The van der Waals surface area contributed by atoms with Crippen LogP contribution in [-0.2, 0) is 0 Å². The van der Waals surface area contributed by atoms with Crippen LogP contribution in [-0.4, -0.2) is 22.7 Å². The molecule has 2 N–H and O–H groups in total. The Bertz CT molecular complexity index is 404. The highest BCUT2D eigenvalue weighted by molar-refractivity contribution is 5.55. The summed E-state index contributed by atoms with van der Waals surface area (Å²) in [4.78, 5) is 8.13. The van der Waals surface area contributed by atoms with Crippen LogP contribution in [0.3, 0.4) is 0 Å². The topological polar surface area (TPSA) is 70.3 Å². The van der Waals surface area contributed by atoms with Crippen molar-refractivity contribution in [2.24, 2.45) is 5.92 Å². The maximum atomic E-state index is 5.97. The molecule has 19 heavy (non-hydrogen) atoms. The van der Waals surface area contributed by atoms with Gasteiger partial charge in [0.2, 0.25) is 11.8 Å². The lowest BCUT2D eigenvalue weighted by atomic mass is 9.90. The molecule has 0 atom stereocenters. The largest absolute Gasteiger partial charge is 0.476 e. The number of aromatic nitrogens is 2. The van der Waals surface area contributed by atoms with E-state index in [-0.39, 0.29) is 6.10 Å². The van der Waals surface area contributed by atoms with Crippen molar-refractivity contribution in [2.45, 2.75) is 52.1 Å². The average Bonchev–Trinajstić information content (AvgIpc) is 2.40. The minimum absolute atomic E-state index is 0.0309. The van der Waals surface area contributed by atoms with Crippen molar-refractivity contribution in [3.05, 3.63) is 6.33 Å². The molecule has 1 saturated carbocycles. The summed E-state index contributed by atoms with van der Waals surface area (Å²) in [7, 11) is 0. The van der Waals surface area contributed by atoms with Crippen molar-refractivity contribution < 1.29 is 9.47 Å². The van der Waals surface area contributed by atoms with E-state index in [4.69, 9.17) is 15.2 Å². The number of nitrogens with zero attached hydrogens (tertiary/aromatic N) is 2. The van der Waals surface area contributed by atoms with Crippen LogP contribution in [0, 0.1) is 5.92 Å². The molecule has 2 rings (SSSR count). The van der Waals surface area contributed by atoms with Crippen LogP contribution >= 0.6 is 0 Å². The molecule has 1 aliphatic rings. The van der Waals surface area contributed by atoms with Gasteiger partial charge in [-0.15, -0.1) is 0 Å². The van der Waals surface area contributed by atoms with E-state index in [2.05, 4.69) is 9.97 Å². The first-order valence-corrected chi connectivity index (χ1v) is 7.06. The molecule has 5 nitrogen and oxygen atoms in total. The van der Waals surface area contributed by atoms with E-state index in [0.717, 1.165) is 0 Å². The van der Waals surface area contributed by atoms with Gasteiger partial charge in [-0.25, -0.2) is 0 Å². The first-order valence-electron chi connectivity index (χ1n) is 7.06. The molecular weight excluding hydrogens is 242 g/mol. The molecule has 0 saturated heterocycles. The quantitative estimate of drug-likeness (QED) is 0.886. The van der Waals surface area contributed by atoms with Gasteiger partial charge in [0.25, 0.3) is 0 Å². The lowest BCUT2D eigenvalue weighted by Gasteiger charge is -2.21. The van der Waals surface area contributed by atoms with Crippen molar-refractivity contribution in [2.75, 3.05) is 12.3 Å². The molecule has 0 aliphatic heterocycles. The average molecular weight is 265 g/mol. The van der Waals surface area contributed by atoms with Crippen LogP contribution in [0.5, 0.6) is 11.8 Å². The monoisotopic (exact) mass is 265 g/mol. The summed E-state index contributed by atoms with van der Waals surface area (Å²) >= 11 is 0. The molecule has 5 heteroatoms.